The van der Waals surface area contributed by atoms with Crippen LogP contribution in [-0.4, -0.2) is 11.8 Å². The van der Waals surface area contributed by atoms with Crippen LogP contribution in [0.2, 0.25) is 0 Å². The molecule has 4 nitrogen and oxygen atoms in total. The van der Waals surface area contributed by atoms with Gasteiger partial charge in [-0.05, 0) is 61.6 Å². The summed E-state index contributed by atoms with van der Waals surface area (Å²) in [5.74, 6) is 1.47. The number of imide groups is 1. The zero-order chi connectivity index (χ0) is 17.8. The van der Waals surface area contributed by atoms with Crippen LogP contribution >= 0.6 is 0 Å². The van der Waals surface area contributed by atoms with Crippen LogP contribution in [0.1, 0.15) is 12.0 Å². The van der Waals surface area contributed by atoms with Gasteiger partial charge in [-0.25, -0.2) is 0 Å². The van der Waals surface area contributed by atoms with Gasteiger partial charge in [0.25, 0.3) is 0 Å². The second-order valence-electron chi connectivity index (χ2n) is 7.42. The summed E-state index contributed by atoms with van der Waals surface area (Å²) in [5.41, 5.74) is 1.80. The number of benzene rings is 2. The highest BCUT2D eigenvalue weighted by Gasteiger charge is 2.59. The number of hydrogen-bond donors (Lipinski definition) is 0. The van der Waals surface area contributed by atoms with E-state index in [0.29, 0.717) is 11.4 Å². The molecule has 1 saturated carbocycles. The average molecular weight is 345 g/mol. The fourth-order valence-electron chi connectivity index (χ4n) is 4.56. The number of allylic oxidation sites excluding steroid dienone is 2. The number of nitrogens with zero attached hydrogens (tertiary/aromatic N) is 1. The van der Waals surface area contributed by atoms with E-state index in [-0.39, 0.29) is 35.5 Å². The standard InChI is InChI=1S/C22H19NO3/c1-13-2-8-17(9-3-13)26-18-10-6-16(7-11-18)23-21(24)19-14-4-5-15(12-14)20(19)22(23)25/h2-11,14-15,19-20H,12H2,1H3/t14-,15-,19-,20-/m0/s1. The minimum Gasteiger partial charge on any atom is -0.457 e. The minimum absolute atomic E-state index is 0.0518. The van der Waals surface area contributed by atoms with Crippen molar-refractivity contribution in [2.45, 2.75) is 13.3 Å². The van der Waals surface area contributed by atoms with Crippen molar-refractivity contribution < 1.29 is 14.3 Å². The molecule has 0 spiro atoms. The van der Waals surface area contributed by atoms with Gasteiger partial charge in [0, 0.05) is 0 Å². The van der Waals surface area contributed by atoms with E-state index in [1.54, 1.807) is 24.3 Å². The quantitative estimate of drug-likeness (QED) is 0.621. The predicted octanol–water partition coefficient (Wildman–Crippen LogP) is 4.10. The summed E-state index contributed by atoms with van der Waals surface area (Å²) in [6.45, 7) is 2.03. The Kier molecular flexibility index (Phi) is 3.29. The molecule has 2 bridgehead atoms. The first-order valence-corrected chi connectivity index (χ1v) is 9.02. The lowest BCUT2D eigenvalue weighted by Crippen LogP contribution is -2.32. The van der Waals surface area contributed by atoms with E-state index < -0.39 is 0 Å². The summed E-state index contributed by atoms with van der Waals surface area (Å²) in [6, 6.07) is 15.0. The fraction of sp³-hybridized carbons (Fsp3) is 0.273. The molecule has 0 aromatic heterocycles. The van der Waals surface area contributed by atoms with Crippen LogP contribution in [0.4, 0.5) is 5.69 Å². The number of hydrogen-bond acceptors (Lipinski definition) is 3. The molecule has 2 aromatic carbocycles. The molecule has 0 unspecified atom stereocenters. The van der Waals surface area contributed by atoms with Crippen LogP contribution in [0.15, 0.2) is 60.7 Å². The monoisotopic (exact) mass is 345 g/mol. The van der Waals surface area contributed by atoms with Gasteiger partial charge in [-0.2, -0.15) is 0 Å². The summed E-state index contributed by atoms with van der Waals surface area (Å²) in [4.78, 5) is 27.0. The number of rotatable bonds is 3. The maximum Gasteiger partial charge on any atom is 0.238 e. The maximum atomic E-state index is 12.8. The molecule has 3 aliphatic rings. The Morgan fingerprint density at radius 3 is 1.85 bits per heavy atom. The Morgan fingerprint density at radius 1 is 0.808 bits per heavy atom. The number of ether oxygens (including phenoxy) is 1. The minimum atomic E-state index is -0.166. The molecule has 2 aliphatic carbocycles. The van der Waals surface area contributed by atoms with E-state index in [9.17, 15) is 9.59 Å². The molecular formula is C22H19NO3. The van der Waals surface area contributed by atoms with Crippen molar-refractivity contribution in [1.82, 2.24) is 0 Å². The molecule has 2 fully saturated rings. The van der Waals surface area contributed by atoms with Gasteiger partial charge in [-0.15, -0.1) is 0 Å². The highest BCUT2D eigenvalue weighted by atomic mass is 16.5. The highest BCUT2D eigenvalue weighted by molar-refractivity contribution is 6.22. The number of aryl methyl sites for hydroxylation is 1. The predicted molar refractivity (Wildman–Crippen MR) is 97.9 cm³/mol. The van der Waals surface area contributed by atoms with Crippen LogP contribution < -0.4 is 9.64 Å². The Labute approximate surface area is 152 Å². The Balaban J connectivity index is 1.37. The molecule has 2 aromatic rings. The smallest absolute Gasteiger partial charge is 0.238 e. The molecule has 130 valence electrons. The van der Waals surface area contributed by atoms with Gasteiger partial charge in [-0.3, -0.25) is 14.5 Å². The number of amides is 2. The second kappa shape index (κ2) is 5.56. The Bertz CT molecular complexity index is 883. The lowest BCUT2D eigenvalue weighted by molar-refractivity contribution is -0.123. The van der Waals surface area contributed by atoms with Crippen molar-refractivity contribution in [2.24, 2.45) is 23.7 Å². The van der Waals surface area contributed by atoms with Gasteiger partial charge in [0.15, 0.2) is 0 Å². The molecule has 1 saturated heterocycles. The van der Waals surface area contributed by atoms with Gasteiger partial charge < -0.3 is 4.74 Å². The summed E-state index contributed by atoms with van der Waals surface area (Å²) in [5, 5.41) is 0. The zero-order valence-electron chi connectivity index (χ0n) is 14.5. The molecular weight excluding hydrogens is 326 g/mol. The molecule has 1 aliphatic heterocycles. The van der Waals surface area contributed by atoms with Crippen LogP contribution in [0.5, 0.6) is 11.5 Å². The molecule has 4 atom stereocenters. The summed E-state index contributed by atoms with van der Waals surface area (Å²) >= 11 is 0. The Hall–Kier alpha value is -2.88. The van der Waals surface area contributed by atoms with Crippen molar-refractivity contribution in [3.05, 3.63) is 66.2 Å². The largest absolute Gasteiger partial charge is 0.457 e. The normalized spacial score (nSPS) is 28.7. The first kappa shape index (κ1) is 15.4. The van der Waals surface area contributed by atoms with E-state index in [1.807, 2.05) is 31.2 Å². The molecule has 5 rings (SSSR count). The van der Waals surface area contributed by atoms with Gasteiger partial charge in [0.1, 0.15) is 11.5 Å². The fourth-order valence-corrected chi connectivity index (χ4v) is 4.56. The third kappa shape index (κ3) is 2.22. The van der Waals surface area contributed by atoms with Crippen LogP contribution in [-0.2, 0) is 9.59 Å². The maximum absolute atomic E-state index is 12.8. The van der Waals surface area contributed by atoms with Gasteiger partial charge in [0.05, 0.1) is 17.5 Å². The van der Waals surface area contributed by atoms with Gasteiger partial charge >= 0.3 is 0 Å². The molecule has 2 amide bonds. The number of carbonyl (C=O) groups is 2. The van der Waals surface area contributed by atoms with E-state index in [0.717, 1.165) is 12.2 Å². The summed E-state index contributed by atoms with van der Waals surface area (Å²) in [6.07, 6.45) is 5.17. The molecule has 26 heavy (non-hydrogen) atoms. The van der Waals surface area contributed by atoms with Crippen molar-refractivity contribution in [3.63, 3.8) is 0 Å². The van der Waals surface area contributed by atoms with Gasteiger partial charge in [-0.1, -0.05) is 29.8 Å². The molecule has 4 heteroatoms. The van der Waals surface area contributed by atoms with E-state index >= 15 is 0 Å². The van der Waals surface area contributed by atoms with Crippen LogP contribution in [0.3, 0.4) is 0 Å². The Morgan fingerprint density at radius 2 is 1.31 bits per heavy atom. The molecule has 1 heterocycles. The highest BCUT2D eigenvalue weighted by Crippen LogP contribution is 2.53. The third-order valence-electron chi connectivity index (χ3n) is 5.82. The molecule has 0 radical (unpaired) electrons. The van der Waals surface area contributed by atoms with Crippen molar-refractivity contribution >= 4 is 17.5 Å². The van der Waals surface area contributed by atoms with Crippen LogP contribution in [0.25, 0.3) is 0 Å². The summed E-state index contributed by atoms with van der Waals surface area (Å²) < 4.78 is 5.82. The lowest BCUT2D eigenvalue weighted by Gasteiger charge is -2.17. The second-order valence-corrected chi connectivity index (χ2v) is 7.42. The third-order valence-corrected chi connectivity index (χ3v) is 5.82. The van der Waals surface area contributed by atoms with E-state index in [4.69, 9.17) is 4.74 Å². The topological polar surface area (TPSA) is 46.6 Å². The SMILES string of the molecule is Cc1ccc(Oc2ccc(N3C(=O)[C@@H]4[C@@H](C3=O)[C@H]3C=C[C@H]4C3)cc2)cc1. The summed E-state index contributed by atoms with van der Waals surface area (Å²) in [7, 11) is 0. The van der Waals surface area contributed by atoms with Crippen LogP contribution in [0, 0.1) is 30.6 Å². The van der Waals surface area contributed by atoms with E-state index in [1.165, 1.54) is 10.5 Å². The van der Waals surface area contributed by atoms with Crippen molar-refractivity contribution in [1.29, 1.82) is 0 Å². The lowest BCUT2D eigenvalue weighted by atomic mass is 9.85. The van der Waals surface area contributed by atoms with E-state index in [2.05, 4.69) is 12.2 Å². The van der Waals surface area contributed by atoms with Gasteiger partial charge in [0.2, 0.25) is 11.8 Å². The van der Waals surface area contributed by atoms with Crippen molar-refractivity contribution in [2.75, 3.05) is 4.90 Å². The average Bonchev–Trinajstić information content (AvgIpc) is 3.32. The number of anilines is 1. The zero-order valence-corrected chi connectivity index (χ0v) is 14.5. The first-order chi connectivity index (χ1) is 12.6. The van der Waals surface area contributed by atoms with Crippen molar-refractivity contribution in [3.8, 4) is 11.5 Å². The first-order valence-electron chi connectivity index (χ1n) is 9.02. The number of fused-ring (bicyclic) bond motifs is 5. The molecule has 0 N–H and O–H groups in total. The number of carbonyl (C=O) groups excluding carboxylic acids is 2.